The SMILES string of the molecule is CN(Cc1cc(C=CC(=O)O)cs1)C(=O)C1CCCCO1. The minimum Gasteiger partial charge on any atom is -0.478 e. The van der Waals surface area contributed by atoms with E-state index in [0.29, 0.717) is 13.2 Å². The lowest BCUT2D eigenvalue weighted by Gasteiger charge is -2.26. The number of aliphatic carboxylic acids is 1. The highest BCUT2D eigenvalue weighted by Crippen LogP contribution is 2.20. The smallest absolute Gasteiger partial charge is 0.328 e. The summed E-state index contributed by atoms with van der Waals surface area (Å²) in [6.45, 7) is 1.18. The molecule has 1 fully saturated rings. The molecular weight excluding hydrogens is 290 g/mol. The van der Waals surface area contributed by atoms with Crippen molar-refractivity contribution < 1.29 is 19.4 Å². The van der Waals surface area contributed by atoms with Gasteiger partial charge in [0.1, 0.15) is 6.10 Å². The number of carboxylic acid groups (broad SMARTS) is 1. The molecule has 0 spiro atoms. The lowest BCUT2D eigenvalue weighted by Crippen LogP contribution is -2.39. The van der Waals surface area contributed by atoms with E-state index in [1.807, 2.05) is 11.4 Å². The Bertz CT molecular complexity index is 532. The Kier molecular flexibility index (Phi) is 5.52. The van der Waals surface area contributed by atoms with E-state index in [9.17, 15) is 9.59 Å². The van der Waals surface area contributed by atoms with Gasteiger partial charge in [-0.25, -0.2) is 4.79 Å². The molecule has 21 heavy (non-hydrogen) atoms. The minimum atomic E-state index is -0.968. The molecule has 0 aromatic carbocycles. The van der Waals surface area contributed by atoms with Gasteiger partial charge < -0.3 is 14.7 Å². The third kappa shape index (κ3) is 4.68. The van der Waals surface area contributed by atoms with Crippen molar-refractivity contribution in [2.75, 3.05) is 13.7 Å². The highest BCUT2D eigenvalue weighted by molar-refractivity contribution is 7.10. The van der Waals surface area contributed by atoms with Crippen LogP contribution in [-0.2, 0) is 20.9 Å². The van der Waals surface area contributed by atoms with Gasteiger partial charge in [-0.15, -0.1) is 11.3 Å². The standard InChI is InChI=1S/C15H19NO4S/c1-16(15(19)13-4-2-3-7-20-13)9-12-8-11(10-21-12)5-6-14(17)18/h5-6,8,10,13H,2-4,7,9H2,1H3,(H,17,18). The summed E-state index contributed by atoms with van der Waals surface area (Å²) in [7, 11) is 1.77. The van der Waals surface area contributed by atoms with Gasteiger partial charge in [0, 0.05) is 24.6 Å². The van der Waals surface area contributed by atoms with Crippen molar-refractivity contribution in [3.63, 3.8) is 0 Å². The van der Waals surface area contributed by atoms with Crippen LogP contribution >= 0.6 is 11.3 Å². The van der Waals surface area contributed by atoms with Crippen molar-refractivity contribution in [2.24, 2.45) is 0 Å². The first-order chi connectivity index (χ1) is 10.1. The third-order valence-corrected chi connectivity index (χ3v) is 4.26. The second kappa shape index (κ2) is 7.38. The van der Waals surface area contributed by atoms with Crippen molar-refractivity contribution in [3.8, 4) is 0 Å². The van der Waals surface area contributed by atoms with Gasteiger partial charge in [-0.2, -0.15) is 0 Å². The Hall–Kier alpha value is -1.66. The molecule has 2 heterocycles. The molecule has 0 aliphatic carbocycles. The molecule has 1 aromatic rings. The average molecular weight is 309 g/mol. The van der Waals surface area contributed by atoms with Crippen molar-refractivity contribution >= 4 is 29.3 Å². The number of carbonyl (C=O) groups is 2. The highest BCUT2D eigenvalue weighted by atomic mass is 32.1. The molecule has 1 saturated heterocycles. The number of carboxylic acids is 1. The summed E-state index contributed by atoms with van der Waals surface area (Å²) >= 11 is 1.51. The van der Waals surface area contributed by atoms with Crippen LogP contribution in [-0.4, -0.2) is 41.6 Å². The van der Waals surface area contributed by atoms with E-state index < -0.39 is 5.97 Å². The number of amides is 1. The van der Waals surface area contributed by atoms with Crippen molar-refractivity contribution in [2.45, 2.75) is 31.9 Å². The van der Waals surface area contributed by atoms with E-state index >= 15 is 0 Å². The first-order valence-electron chi connectivity index (χ1n) is 6.91. The Balaban J connectivity index is 1.91. The Morgan fingerprint density at radius 2 is 2.33 bits per heavy atom. The van der Waals surface area contributed by atoms with E-state index in [0.717, 1.165) is 35.8 Å². The number of likely N-dealkylation sites (N-methyl/N-ethyl adjacent to an activating group) is 1. The fourth-order valence-electron chi connectivity index (χ4n) is 2.23. The summed E-state index contributed by atoms with van der Waals surface area (Å²) < 4.78 is 5.50. The van der Waals surface area contributed by atoms with Gasteiger partial charge in [0.15, 0.2) is 0 Å². The molecule has 5 nitrogen and oxygen atoms in total. The van der Waals surface area contributed by atoms with E-state index in [-0.39, 0.29) is 12.0 Å². The monoisotopic (exact) mass is 309 g/mol. The fourth-order valence-corrected chi connectivity index (χ4v) is 3.13. The number of carbonyl (C=O) groups excluding carboxylic acids is 1. The summed E-state index contributed by atoms with van der Waals surface area (Å²) in [6, 6.07) is 1.90. The average Bonchev–Trinajstić information content (AvgIpc) is 2.92. The molecule has 0 bridgehead atoms. The van der Waals surface area contributed by atoms with Gasteiger partial charge in [-0.1, -0.05) is 0 Å². The van der Waals surface area contributed by atoms with Gasteiger partial charge in [0.05, 0.1) is 6.54 Å². The molecule has 6 heteroatoms. The van der Waals surface area contributed by atoms with Crippen LogP contribution in [0.2, 0.25) is 0 Å². The molecule has 1 aliphatic rings. The second-order valence-electron chi connectivity index (χ2n) is 5.07. The molecule has 1 N–H and O–H groups in total. The largest absolute Gasteiger partial charge is 0.478 e. The molecule has 0 radical (unpaired) electrons. The number of hydrogen-bond acceptors (Lipinski definition) is 4. The maximum atomic E-state index is 12.2. The zero-order valence-electron chi connectivity index (χ0n) is 11.9. The lowest BCUT2D eigenvalue weighted by molar-refractivity contribution is -0.145. The highest BCUT2D eigenvalue weighted by Gasteiger charge is 2.25. The summed E-state index contributed by atoms with van der Waals surface area (Å²) in [6.07, 6.45) is 5.20. The summed E-state index contributed by atoms with van der Waals surface area (Å²) in [5, 5.41) is 10.5. The van der Waals surface area contributed by atoms with E-state index in [1.165, 1.54) is 11.3 Å². The molecule has 2 rings (SSSR count). The van der Waals surface area contributed by atoms with Crippen LogP contribution in [0, 0.1) is 0 Å². The first-order valence-corrected chi connectivity index (χ1v) is 7.79. The second-order valence-corrected chi connectivity index (χ2v) is 6.06. The molecule has 1 amide bonds. The van der Waals surface area contributed by atoms with Crippen LogP contribution < -0.4 is 0 Å². The Morgan fingerprint density at radius 1 is 1.52 bits per heavy atom. The van der Waals surface area contributed by atoms with Crippen LogP contribution in [0.25, 0.3) is 6.08 Å². The predicted molar refractivity (Wildman–Crippen MR) is 81.1 cm³/mol. The summed E-state index contributed by atoms with van der Waals surface area (Å²) in [5.41, 5.74) is 0.840. The van der Waals surface area contributed by atoms with Crippen molar-refractivity contribution in [3.05, 3.63) is 28.0 Å². The van der Waals surface area contributed by atoms with Gasteiger partial charge in [0.2, 0.25) is 0 Å². The normalized spacial score (nSPS) is 18.8. The van der Waals surface area contributed by atoms with Crippen LogP contribution in [0.4, 0.5) is 0 Å². The maximum Gasteiger partial charge on any atom is 0.328 e. The first kappa shape index (κ1) is 15.7. The fraction of sp³-hybridized carbons (Fsp3) is 0.467. The van der Waals surface area contributed by atoms with E-state index in [2.05, 4.69) is 0 Å². The van der Waals surface area contributed by atoms with Gasteiger partial charge in [-0.05, 0) is 42.3 Å². The maximum absolute atomic E-state index is 12.2. The number of rotatable bonds is 5. The van der Waals surface area contributed by atoms with Gasteiger partial charge in [-0.3, -0.25) is 4.79 Å². The Morgan fingerprint density at radius 3 is 3.00 bits per heavy atom. The number of hydrogen-bond donors (Lipinski definition) is 1. The van der Waals surface area contributed by atoms with Crippen molar-refractivity contribution in [1.29, 1.82) is 0 Å². The lowest BCUT2D eigenvalue weighted by atomic mass is 10.1. The zero-order valence-corrected chi connectivity index (χ0v) is 12.8. The van der Waals surface area contributed by atoms with Gasteiger partial charge in [0.25, 0.3) is 5.91 Å². The summed E-state index contributed by atoms with van der Waals surface area (Å²) in [5.74, 6) is -0.949. The molecular formula is C15H19NO4S. The Labute approximate surface area is 127 Å². The van der Waals surface area contributed by atoms with Crippen LogP contribution in [0.3, 0.4) is 0 Å². The minimum absolute atomic E-state index is 0.0192. The summed E-state index contributed by atoms with van der Waals surface area (Å²) in [4.78, 5) is 25.4. The number of thiophene rings is 1. The topological polar surface area (TPSA) is 66.8 Å². The quantitative estimate of drug-likeness (QED) is 0.848. The van der Waals surface area contributed by atoms with Crippen molar-refractivity contribution in [1.82, 2.24) is 4.90 Å². The number of nitrogens with zero attached hydrogens (tertiary/aromatic N) is 1. The molecule has 1 atom stereocenters. The number of ether oxygens (including phenoxy) is 1. The molecule has 1 aromatic heterocycles. The molecule has 1 aliphatic heterocycles. The molecule has 1 unspecified atom stereocenters. The van der Waals surface area contributed by atoms with Crippen LogP contribution in [0.15, 0.2) is 17.5 Å². The zero-order chi connectivity index (χ0) is 15.2. The predicted octanol–water partition coefficient (Wildman–Crippen LogP) is 2.37. The molecule has 0 saturated carbocycles. The van der Waals surface area contributed by atoms with E-state index in [1.54, 1.807) is 18.0 Å². The molecule has 114 valence electrons. The van der Waals surface area contributed by atoms with Crippen LogP contribution in [0.1, 0.15) is 29.7 Å². The van der Waals surface area contributed by atoms with E-state index in [4.69, 9.17) is 9.84 Å². The van der Waals surface area contributed by atoms with Gasteiger partial charge >= 0.3 is 5.97 Å². The van der Waals surface area contributed by atoms with Crippen LogP contribution in [0.5, 0.6) is 0 Å². The third-order valence-electron chi connectivity index (χ3n) is 3.32.